The van der Waals surface area contributed by atoms with Crippen LogP contribution in [0.5, 0.6) is 0 Å². The molecule has 5 N–H and O–H groups in total. The Hall–Kier alpha value is -0.946. The molecule has 16 heteroatoms. The summed E-state index contributed by atoms with van der Waals surface area (Å²) in [5.74, 6) is -0.325. The van der Waals surface area contributed by atoms with Crippen LogP contribution in [0.3, 0.4) is 0 Å². The molecule has 0 unspecified atom stereocenters. The quantitative estimate of drug-likeness (QED) is 0.0443. The van der Waals surface area contributed by atoms with Gasteiger partial charge in [0.15, 0.2) is 0 Å². The minimum Gasteiger partial charge on any atom is -0.676 e. The van der Waals surface area contributed by atoms with E-state index in [4.69, 9.17) is 20.3 Å². The van der Waals surface area contributed by atoms with E-state index in [9.17, 15) is 14.4 Å². The van der Waals surface area contributed by atoms with Crippen molar-refractivity contribution in [1.29, 1.82) is 0 Å². The molecule has 1 radical (unpaired) electrons. The molecule has 0 amide bonds. The zero-order chi connectivity index (χ0) is 39.3. The Balaban J connectivity index is -0.000000472. The summed E-state index contributed by atoms with van der Waals surface area (Å²) in [5, 5.41) is 18.7. The number of aliphatic hydroxyl groups is 1. The van der Waals surface area contributed by atoms with Crippen molar-refractivity contribution in [3.05, 3.63) is 18.4 Å². The first-order chi connectivity index (χ1) is 24.3. The van der Waals surface area contributed by atoms with Crippen LogP contribution in [0.1, 0.15) is 47.5 Å². The summed E-state index contributed by atoms with van der Waals surface area (Å²) in [6.07, 6.45) is 2.14. The summed E-state index contributed by atoms with van der Waals surface area (Å²) >= 11 is 0. The maximum atomic E-state index is 11.4. The van der Waals surface area contributed by atoms with Gasteiger partial charge < -0.3 is 50.8 Å². The number of hydrogen-bond donors (Lipinski definition) is 4. The third kappa shape index (κ3) is 41.8. The van der Waals surface area contributed by atoms with E-state index in [1.54, 1.807) is 14.0 Å². The maximum Gasteiger partial charge on any atom is 0.329 e. The summed E-state index contributed by atoms with van der Waals surface area (Å²) in [7, 11) is 6.49. The SMILES string of the molecule is C=CC(=O)OC.CC(C)N(CC[NH-])CCNCCO.COCCN(CCNCCN(CCNCCN(C)CCC(C)=O)C(C)C)CCC(=O)OC.[Y]. The fraction of sp³-hybridized carbons (Fsp3) is 0.861. The molecule has 307 valence electrons. The van der Waals surface area contributed by atoms with Crippen LogP contribution in [0.15, 0.2) is 12.7 Å². The zero-order valence-electron chi connectivity index (χ0n) is 34.3. The fourth-order valence-electron chi connectivity index (χ4n) is 4.48. The van der Waals surface area contributed by atoms with E-state index in [1.165, 1.54) is 14.2 Å². The summed E-state index contributed by atoms with van der Waals surface area (Å²) in [6, 6.07) is 0.997. The number of esters is 2. The average molecular weight is 823 g/mol. The Morgan fingerprint density at radius 2 is 1.23 bits per heavy atom. The summed E-state index contributed by atoms with van der Waals surface area (Å²) in [4.78, 5) is 41.4. The zero-order valence-corrected chi connectivity index (χ0v) is 37.2. The summed E-state index contributed by atoms with van der Waals surface area (Å²) in [5.41, 5.74) is 7.14. The number of rotatable bonds is 31. The van der Waals surface area contributed by atoms with Gasteiger partial charge in [0.2, 0.25) is 0 Å². The van der Waals surface area contributed by atoms with E-state index in [-0.39, 0.29) is 51.1 Å². The molecule has 0 aliphatic rings. The van der Waals surface area contributed by atoms with Crippen molar-refractivity contribution < 1.29 is 66.4 Å². The number of methoxy groups -OCH3 is 3. The third-order valence-electron chi connectivity index (χ3n) is 7.84. The minimum absolute atomic E-state index is 0. The number of carbonyl (C=O) groups is 3. The first-order valence-electron chi connectivity index (χ1n) is 18.3. The predicted molar refractivity (Wildman–Crippen MR) is 208 cm³/mol. The Labute approximate surface area is 342 Å². The van der Waals surface area contributed by atoms with Crippen LogP contribution < -0.4 is 16.0 Å². The van der Waals surface area contributed by atoms with Crippen molar-refractivity contribution in [3.8, 4) is 0 Å². The van der Waals surface area contributed by atoms with Crippen molar-refractivity contribution in [2.24, 2.45) is 0 Å². The first kappa shape index (κ1) is 57.8. The molecule has 0 bridgehead atoms. The Morgan fingerprint density at radius 1 is 0.731 bits per heavy atom. The third-order valence-corrected chi connectivity index (χ3v) is 7.84. The molecule has 0 aromatic rings. The standard InChI is InChI=1S/C23H49N5O4.C9H22N3O.C4H6O2.Y/c1-21(2)28(17-11-24-9-15-26(4)13-7-22(3)29)18-12-25-10-16-27(19-20-31-5)14-8-23(30)32-6;1-9(2)12(6-3-10)7-4-11-5-8-13;1-3-4(5)6-2;/h21,24-25H,7-20H2,1-6H3;9-11,13H,3-8H2,1-2H3;3H,1H2,2H3;/q;-1;;. The fourth-order valence-corrected chi connectivity index (χ4v) is 4.48. The number of ketones is 1. The van der Waals surface area contributed by atoms with Gasteiger partial charge in [-0.25, -0.2) is 4.79 Å². The number of carbonyl (C=O) groups excluding carboxylic acids is 3. The molecule has 0 saturated carbocycles. The molecule has 0 aliphatic heterocycles. The Kier molecular flexibility index (Phi) is 47.5. The molecule has 15 nitrogen and oxygen atoms in total. The number of aliphatic hydroxyl groups excluding tert-OH is 1. The number of hydrogen-bond acceptors (Lipinski definition) is 14. The molecule has 0 fully saturated rings. The van der Waals surface area contributed by atoms with Gasteiger partial charge in [0.1, 0.15) is 5.78 Å². The van der Waals surface area contributed by atoms with Crippen LogP contribution in [-0.2, 0) is 61.3 Å². The number of ether oxygens (including phenoxy) is 3. The van der Waals surface area contributed by atoms with E-state index < -0.39 is 5.97 Å². The van der Waals surface area contributed by atoms with E-state index in [2.05, 4.69) is 81.6 Å². The Morgan fingerprint density at radius 3 is 1.63 bits per heavy atom. The molecule has 52 heavy (non-hydrogen) atoms. The van der Waals surface area contributed by atoms with Gasteiger partial charge in [-0.05, 0) is 48.2 Å². The van der Waals surface area contributed by atoms with E-state index >= 15 is 0 Å². The second-order valence-electron chi connectivity index (χ2n) is 12.6. The first-order valence-corrected chi connectivity index (χ1v) is 18.3. The normalized spacial score (nSPS) is 10.9. The molecule has 0 atom stereocenters. The van der Waals surface area contributed by atoms with Crippen LogP contribution in [0.25, 0.3) is 5.73 Å². The largest absolute Gasteiger partial charge is 0.676 e. The second kappa shape index (κ2) is 42.8. The van der Waals surface area contributed by atoms with Gasteiger partial charge in [0, 0.05) is 156 Å². The van der Waals surface area contributed by atoms with Gasteiger partial charge in [0.05, 0.1) is 33.9 Å². The van der Waals surface area contributed by atoms with Crippen molar-refractivity contribution >= 4 is 17.7 Å². The molecule has 0 spiro atoms. The number of likely N-dealkylation sites (N-methyl/N-ethyl adjacent to an activating group) is 1. The van der Waals surface area contributed by atoms with Crippen LogP contribution in [0, 0.1) is 0 Å². The van der Waals surface area contributed by atoms with Crippen molar-refractivity contribution in [3.63, 3.8) is 0 Å². The molecular formula is C36H77N8O7Y-. The molecule has 0 saturated heterocycles. The van der Waals surface area contributed by atoms with Crippen LogP contribution in [0.4, 0.5) is 0 Å². The van der Waals surface area contributed by atoms with Crippen molar-refractivity contribution in [2.45, 2.75) is 59.5 Å². The summed E-state index contributed by atoms with van der Waals surface area (Å²) in [6.45, 7) is 28.0. The van der Waals surface area contributed by atoms with Crippen LogP contribution >= 0.6 is 0 Å². The van der Waals surface area contributed by atoms with Crippen molar-refractivity contribution in [1.82, 2.24) is 35.6 Å². The van der Waals surface area contributed by atoms with Gasteiger partial charge in [-0.3, -0.25) is 19.4 Å². The molecule has 0 aromatic carbocycles. The monoisotopic (exact) mass is 822 g/mol. The number of nitrogens with zero attached hydrogens (tertiary/aromatic N) is 4. The van der Waals surface area contributed by atoms with Gasteiger partial charge >= 0.3 is 11.9 Å². The Bertz CT molecular complexity index is 832. The molecule has 0 rings (SSSR count). The molecule has 0 aromatic heterocycles. The average Bonchev–Trinajstić information content (AvgIpc) is 3.11. The minimum atomic E-state index is -0.394. The second-order valence-corrected chi connectivity index (χ2v) is 12.6. The number of Topliss-reactive ketones (excluding diaryl/α,β-unsaturated/α-hetero) is 1. The van der Waals surface area contributed by atoms with Gasteiger partial charge in [-0.15, -0.1) is 6.54 Å². The van der Waals surface area contributed by atoms with E-state index in [1.807, 2.05) is 0 Å². The van der Waals surface area contributed by atoms with Crippen LogP contribution in [0.2, 0.25) is 0 Å². The van der Waals surface area contributed by atoms with E-state index in [0.29, 0.717) is 51.2 Å². The maximum absolute atomic E-state index is 11.4. The molecule has 0 heterocycles. The van der Waals surface area contributed by atoms with Gasteiger partial charge in [-0.2, -0.15) is 0 Å². The van der Waals surface area contributed by atoms with Crippen LogP contribution in [-0.4, -0.2) is 201 Å². The van der Waals surface area contributed by atoms with Gasteiger partial charge in [0.25, 0.3) is 0 Å². The number of nitrogens with one attached hydrogen (secondary N) is 4. The van der Waals surface area contributed by atoms with E-state index in [0.717, 1.165) is 91.2 Å². The molecular weight excluding hydrogens is 745 g/mol. The topological polar surface area (TPSA) is 172 Å². The van der Waals surface area contributed by atoms with Crippen molar-refractivity contribution in [2.75, 3.05) is 146 Å². The van der Waals surface area contributed by atoms with Gasteiger partial charge in [-0.1, -0.05) is 6.58 Å². The smallest absolute Gasteiger partial charge is 0.329 e. The summed E-state index contributed by atoms with van der Waals surface area (Å²) < 4.78 is 14.1. The predicted octanol–water partition coefficient (Wildman–Crippen LogP) is 0.972. The molecule has 0 aliphatic carbocycles.